The van der Waals surface area contributed by atoms with Crippen molar-refractivity contribution < 1.29 is 33.6 Å². The van der Waals surface area contributed by atoms with Gasteiger partial charge in [-0.15, -0.1) is 0 Å². The highest BCUT2D eigenvalue weighted by atomic mass is 35.5. The van der Waals surface area contributed by atoms with Crippen molar-refractivity contribution in [3.63, 3.8) is 0 Å². The molecule has 0 aliphatic rings. The van der Waals surface area contributed by atoms with E-state index in [2.05, 4.69) is 11.9 Å². The van der Waals surface area contributed by atoms with E-state index in [4.69, 9.17) is 35.7 Å². The quantitative estimate of drug-likeness (QED) is 0.152. The van der Waals surface area contributed by atoms with E-state index in [-0.39, 0.29) is 23.9 Å². The third kappa shape index (κ3) is 12.2. The van der Waals surface area contributed by atoms with Crippen LogP contribution >= 0.6 is 11.6 Å². The third-order valence-corrected chi connectivity index (χ3v) is 5.18. The minimum Gasteiger partial charge on any atom is -0.490 e. The zero-order valence-corrected chi connectivity index (χ0v) is 20.1. The first-order chi connectivity index (χ1) is 15.5. The summed E-state index contributed by atoms with van der Waals surface area (Å²) in [6.07, 6.45) is 12.0. The van der Waals surface area contributed by atoms with Gasteiger partial charge in [-0.3, -0.25) is 0 Å². The summed E-state index contributed by atoms with van der Waals surface area (Å²) in [6, 6.07) is 0. The van der Waals surface area contributed by atoms with Crippen LogP contribution in [0.1, 0.15) is 95.0 Å². The lowest BCUT2D eigenvalue weighted by Gasteiger charge is -2.13. The number of carbonyl (C=O) groups is 2. The van der Waals surface area contributed by atoms with Crippen LogP contribution in [0.15, 0.2) is 6.20 Å². The molecule has 184 valence electrons. The fraction of sp³-hybridized carbons (Fsp3) is 0.739. The Kier molecular flexibility index (Phi) is 15.5. The predicted molar refractivity (Wildman–Crippen MR) is 122 cm³/mol. The maximum atomic E-state index is 12.2. The number of aromatic nitrogens is 1. The van der Waals surface area contributed by atoms with Gasteiger partial charge in [-0.25, -0.2) is 9.59 Å². The summed E-state index contributed by atoms with van der Waals surface area (Å²) >= 11 is 6.21. The van der Waals surface area contributed by atoms with Gasteiger partial charge in [0, 0.05) is 26.1 Å². The normalized spacial score (nSPS) is 11.8. The number of ether oxygens (including phenoxy) is 4. The smallest absolute Gasteiger partial charge is 0.490 e. The van der Waals surface area contributed by atoms with Crippen molar-refractivity contribution in [2.24, 2.45) is 0 Å². The number of aromatic amines is 1. The monoisotopic (exact) mass is 475 g/mol. The van der Waals surface area contributed by atoms with E-state index in [0.717, 1.165) is 12.8 Å². The molecule has 0 saturated heterocycles. The third-order valence-electron chi connectivity index (χ3n) is 4.80. The lowest BCUT2D eigenvalue weighted by atomic mass is 10.1. The lowest BCUT2D eigenvalue weighted by molar-refractivity contribution is -0.0825. The Bertz CT molecular complexity index is 650. The minimum absolute atomic E-state index is 0.0121. The number of rotatable bonds is 18. The second kappa shape index (κ2) is 17.6. The molecular formula is C23H38ClNO7. The number of unbranched alkanes of at least 4 members (excludes halogenated alkanes) is 9. The molecule has 0 bridgehead atoms. The first-order valence-electron chi connectivity index (χ1n) is 11.6. The van der Waals surface area contributed by atoms with Crippen molar-refractivity contribution >= 4 is 23.7 Å². The summed E-state index contributed by atoms with van der Waals surface area (Å²) in [5, 5.41) is 8.77. The fourth-order valence-corrected chi connectivity index (χ4v) is 3.28. The predicted octanol–water partition coefficient (Wildman–Crippen LogP) is 6.01. The van der Waals surface area contributed by atoms with Gasteiger partial charge in [0.15, 0.2) is 5.75 Å². The molecule has 32 heavy (non-hydrogen) atoms. The van der Waals surface area contributed by atoms with Crippen molar-refractivity contribution in [2.75, 3.05) is 19.8 Å². The molecule has 1 heterocycles. The van der Waals surface area contributed by atoms with E-state index in [1.54, 1.807) is 0 Å². The van der Waals surface area contributed by atoms with Crippen molar-refractivity contribution in [1.82, 2.24) is 4.98 Å². The molecule has 0 spiro atoms. The lowest BCUT2D eigenvalue weighted by Crippen LogP contribution is -2.23. The summed E-state index contributed by atoms with van der Waals surface area (Å²) < 4.78 is 20.2. The maximum absolute atomic E-state index is 12.2. The molecule has 0 fully saturated rings. The number of H-pyrrole nitrogens is 1. The number of carbonyl (C=O) groups excluding carboxylic acids is 2. The summed E-state index contributed by atoms with van der Waals surface area (Å²) in [7, 11) is 0. The largest absolute Gasteiger partial charge is 0.511 e. The van der Waals surface area contributed by atoms with Crippen molar-refractivity contribution in [3.05, 3.63) is 16.9 Å². The van der Waals surface area contributed by atoms with Crippen LogP contribution in [0.25, 0.3) is 0 Å². The van der Waals surface area contributed by atoms with Crippen LogP contribution in [0, 0.1) is 0 Å². The molecule has 0 aromatic carbocycles. The highest BCUT2D eigenvalue weighted by Gasteiger charge is 2.22. The summed E-state index contributed by atoms with van der Waals surface area (Å²) in [5.74, 6) is -0.397. The number of hydrogen-bond acceptors (Lipinski definition) is 7. The number of esters is 1. The van der Waals surface area contributed by atoms with Crippen LogP contribution in [0.2, 0.25) is 5.02 Å². The molecule has 9 heteroatoms. The van der Waals surface area contributed by atoms with Gasteiger partial charge in [0.05, 0.1) is 13.2 Å². The highest BCUT2D eigenvalue weighted by molar-refractivity contribution is 6.34. The van der Waals surface area contributed by atoms with Gasteiger partial charge in [0.1, 0.15) is 10.7 Å². The maximum Gasteiger partial charge on any atom is 0.511 e. The summed E-state index contributed by atoms with van der Waals surface area (Å²) in [5.41, 5.74) is 0.0221. The van der Waals surface area contributed by atoms with Crippen LogP contribution in [0.4, 0.5) is 4.79 Å². The van der Waals surface area contributed by atoms with Crippen LogP contribution in [-0.2, 0) is 14.2 Å². The Labute approximate surface area is 195 Å². The fourth-order valence-electron chi connectivity index (χ4n) is 3.04. The molecule has 0 aliphatic carbocycles. The molecule has 0 radical (unpaired) electrons. The molecule has 1 aromatic rings. The van der Waals surface area contributed by atoms with Crippen LogP contribution in [-0.4, -0.2) is 48.3 Å². The van der Waals surface area contributed by atoms with Gasteiger partial charge in [-0.05, 0) is 6.42 Å². The molecule has 1 unspecified atom stereocenters. The highest BCUT2D eigenvalue weighted by Crippen LogP contribution is 2.29. The number of aliphatic hydroxyl groups excluding tert-OH is 1. The van der Waals surface area contributed by atoms with E-state index < -0.39 is 18.4 Å². The number of aliphatic hydroxyl groups is 1. The molecule has 1 rings (SSSR count). The molecule has 2 N–H and O–H groups in total. The molecule has 1 atom stereocenters. The Morgan fingerprint density at radius 1 is 0.969 bits per heavy atom. The van der Waals surface area contributed by atoms with Crippen LogP contribution < -0.4 is 4.74 Å². The molecular weight excluding hydrogens is 438 g/mol. The first kappa shape index (κ1) is 28.1. The second-order valence-corrected chi connectivity index (χ2v) is 8.02. The number of nitrogens with one attached hydrogen (secondary N) is 1. The van der Waals surface area contributed by atoms with E-state index in [1.165, 1.54) is 64.5 Å². The molecule has 0 aliphatic heterocycles. The minimum atomic E-state index is -1.17. The van der Waals surface area contributed by atoms with E-state index in [0.29, 0.717) is 18.8 Å². The topological polar surface area (TPSA) is 107 Å². The van der Waals surface area contributed by atoms with Crippen molar-refractivity contribution in [1.29, 1.82) is 0 Å². The average Bonchev–Trinajstić information content (AvgIpc) is 3.12. The van der Waals surface area contributed by atoms with E-state index >= 15 is 0 Å². The molecule has 8 nitrogen and oxygen atoms in total. The first-order valence-corrected chi connectivity index (χ1v) is 12.0. The van der Waals surface area contributed by atoms with Gasteiger partial charge in [-0.1, -0.05) is 76.3 Å². The van der Waals surface area contributed by atoms with Crippen molar-refractivity contribution in [3.8, 4) is 5.75 Å². The van der Waals surface area contributed by atoms with Gasteiger partial charge < -0.3 is 29.0 Å². The Morgan fingerprint density at radius 3 is 2.22 bits per heavy atom. The number of hydrogen-bond donors (Lipinski definition) is 2. The Hall–Kier alpha value is -1.93. The average molecular weight is 476 g/mol. The van der Waals surface area contributed by atoms with Gasteiger partial charge in [-0.2, -0.15) is 0 Å². The summed E-state index contributed by atoms with van der Waals surface area (Å²) in [6.45, 7) is 4.03. The molecule has 1 aromatic heterocycles. The number of halogens is 1. The van der Waals surface area contributed by atoms with Gasteiger partial charge in [0.2, 0.25) is 6.29 Å². The SMILES string of the molecule is CCCCCCCCCCCCOc1c[nH]c(C(=O)OC(C)OC(=O)OCCCO)c1Cl. The zero-order chi connectivity index (χ0) is 23.6. The Balaban J connectivity index is 2.22. The molecule has 0 saturated carbocycles. The van der Waals surface area contributed by atoms with E-state index in [1.807, 2.05) is 0 Å². The standard InChI is InChI=1S/C23H38ClNO7/c1-3-4-5-6-7-8-9-10-11-12-15-29-19-17-25-21(20(19)24)22(27)31-18(2)32-23(28)30-16-13-14-26/h17-18,25-26H,3-16H2,1-2H3. The second-order valence-electron chi connectivity index (χ2n) is 7.64. The van der Waals surface area contributed by atoms with Crippen LogP contribution in [0.3, 0.4) is 0 Å². The Morgan fingerprint density at radius 2 is 1.59 bits per heavy atom. The molecule has 0 amide bonds. The van der Waals surface area contributed by atoms with Crippen LogP contribution in [0.5, 0.6) is 5.75 Å². The zero-order valence-electron chi connectivity index (χ0n) is 19.3. The van der Waals surface area contributed by atoms with Gasteiger partial charge in [0.25, 0.3) is 0 Å². The van der Waals surface area contributed by atoms with Gasteiger partial charge >= 0.3 is 12.1 Å². The van der Waals surface area contributed by atoms with Crippen molar-refractivity contribution in [2.45, 2.75) is 90.8 Å². The summed E-state index contributed by atoms with van der Waals surface area (Å²) in [4.78, 5) is 26.4. The van der Waals surface area contributed by atoms with E-state index in [9.17, 15) is 9.59 Å².